The van der Waals surface area contributed by atoms with Crippen molar-refractivity contribution < 1.29 is 14.6 Å². The Morgan fingerprint density at radius 3 is 2.72 bits per heavy atom. The van der Waals surface area contributed by atoms with Gasteiger partial charge in [0.1, 0.15) is 0 Å². The van der Waals surface area contributed by atoms with Gasteiger partial charge in [0.25, 0.3) is 0 Å². The summed E-state index contributed by atoms with van der Waals surface area (Å²) in [6.45, 7) is 6.32. The fraction of sp³-hybridized carbons (Fsp3) is 0.929. The summed E-state index contributed by atoms with van der Waals surface area (Å²) in [5, 5.41) is 9.16. The standard InChI is InChI=1S/C14H27NO3/c1-4-6-7-11(5-2)8-15(3)13-10-18-9-12(13)14(16)17/h11-13H,4-10H2,1-3H3,(H,16,17). The van der Waals surface area contributed by atoms with Crippen LogP contribution in [0.25, 0.3) is 0 Å². The molecule has 3 atom stereocenters. The van der Waals surface area contributed by atoms with Crippen LogP contribution in [0.15, 0.2) is 0 Å². The van der Waals surface area contributed by atoms with Gasteiger partial charge in [-0.25, -0.2) is 0 Å². The van der Waals surface area contributed by atoms with Crippen molar-refractivity contribution in [2.24, 2.45) is 11.8 Å². The number of carboxylic acids is 1. The van der Waals surface area contributed by atoms with Crippen LogP contribution in [-0.4, -0.2) is 48.8 Å². The highest BCUT2D eigenvalue weighted by atomic mass is 16.5. The van der Waals surface area contributed by atoms with Crippen molar-refractivity contribution in [2.45, 2.75) is 45.6 Å². The predicted molar refractivity (Wildman–Crippen MR) is 71.7 cm³/mol. The lowest BCUT2D eigenvalue weighted by Gasteiger charge is -2.29. The smallest absolute Gasteiger partial charge is 0.310 e. The number of carboxylic acid groups (broad SMARTS) is 1. The topological polar surface area (TPSA) is 49.8 Å². The second-order valence-corrected chi connectivity index (χ2v) is 5.41. The normalized spacial score (nSPS) is 25.6. The SMILES string of the molecule is CCCCC(CC)CN(C)C1COCC1C(=O)O. The van der Waals surface area contributed by atoms with E-state index in [1.807, 2.05) is 7.05 Å². The van der Waals surface area contributed by atoms with Crippen molar-refractivity contribution in [1.29, 1.82) is 0 Å². The summed E-state index contributed by atoms with van der Waals surface area (Å²) in [6, 6.07) is 0.0400. The molecule has 18 heavy (non-hydrogen) atoms. The number of nitrogens with zero attached hydrogens (tertiary/aromatic N) is 1. The third-order valence-corrected chi connectivity index (χ3v) is 4.02. The Bertz CT molecular complexity index is 257. The molecule has 1 saturated heterocycles. The first-order chi connectivity index (χ1) is 8.60. The number of aliphatic carboxylic acids is 1. The van der Waals surface area contributed by atoms with Crippen LogP contribution in [0.5, 0.6) is 0 Å². The summed E-state index contributed by atoms with van der Waals surface area (Å²) in [5.74, 6) is -0.422. The Labute approximate surface area is 110 Å². The van der Waals surface area contributed by atoms with Crippen LogP contribution in [0.1, 0.15) is 39.5 Å². The van der Waals surface area contributed by atoms with Crippen LogP contribution >= 0.6 is 0 Å². The van der Waals surface area contributed by atoms with Crippen molar-refractivity contribution in [3.63, 3.8) is 0 Å². The molecule has 4 heteroatoms. The molecule has 0 radical (unpaired) electrons. The maximum Gasteiger partial charge on any atom is 0.310 e. The molecule has 1 fully saturated rings. The third-order valence-electron chi connectivity index (χ3n) is 4.02. The molecule has 3 unspecified atom stereocenters. The van der Waals surface area contributed by atoms with Crippen molar-refractivity contribution in [3.05, 3.63) is 0 Å². The molecule has 0 spiro atoms. The first kappa shape index (κ1) is 15.4. The van der Waals surface area contributed by atoms with Crippen LogP contribution in [0.2, 0.25) is 0 Å². The van der Waals surface area contributed by atoms with Gasteiger partial charge in [-0.3, -0.25) is 9.69 Å². The van der Waals surface area contributed by atoms with E-state index in [4.69, 9.17) is 9.84 Å². The largest absolute Gasteiger partial charge is 0.481 e. The lowest BCUT2D eigenvalue weighted by atomic mass is 9.96. The Morgan fingerprint density at radius 2 is 2.17 bits per heavy atom. The molecule has 0 amide bonds. The van der Waals surface area contributed by atoms with Gasteiger partial charge in [-0.15, -0.1) is 0 Å². The highest BCUT2D eigenvalue weighted by molar-refractivity contribution is 5.71. The van der Waals surface area contributed by atoms with Crippen molar-refractivity contribution in [2.75, 3.05) is 26.8 Å². The quantitative estimate of drug-likeness (QED) is 0.724. The van der Waals surface area contributed by atoms with Gasteiger partial charge in [0, 0.05) is 12.6 Å². The summed E-state index contributed by atoms with van der Waals surface area (Å²) in [7, 11) is 2.03. The van der Waals surface area contributed by atoms with Crippen LogP contribution in [-0.2, 0) is 9.53 Å². The molecule has 0 aromatic rings. The molecular formula is C14H27NO3. The zero-order chi connectivity index (χ0) is 13.5. The van der Waals surface area contributed by atoms with E-state index in [9.17, 15) is 4.79 Å². The minimum atomic E-state index is -0.731. The van der Waals surface area contributed by atoms with E-state index in [2.05, 4.69) is 18.7 Å². The number of unbranched alkanes of at least 4 members (excludes halogenated alkanes) is 1. The lowest BCUT2D eigenvalue weighted by molar-refractivity contribution is -0.143. The monoisotopic (exact) mass is 257 g/mol. The first-order valence-electron chi connectivity index (χ1n) is 7.10. The summed E-state index contributed by atoms with van der Waals surface area (Å²) >= 11 is 0. The Hall–Kier alpha value is -0.610. The molecule has 106 valence electrons. The maximum atomic E-state index is 11.1. The van der Waals surface area contributed by atoms with Crippen LogP contribution in [0, 0.1) is 11.8 Å². The number of hydrogen-bond acceptors (Lipinski definition) is 3. The molecule has 1 aliphatic heterocycles. The highest BCUT2D eigenvalue weighted by Gasteiger charge is 2.36. The van der Waals surface area contributed by atoms with Crippen molar-refractivity contribution >= 4 is 5.97 Å². The molecular weight excluding hydrogens is 230 g/mol. The van der Waals surface area contributed by atoms with Gasteiger partial charge in [-0.2, -0.15) is 0 Å². The number of rotatable bonds is 8. The van der Waals surface area contributed by atoms with Crippen molar-refractivity contribution in [3.8, 4) is 0 Å². The summed E-state index contributed by atoms with van der Waals surface area (Å²) in [6.07, 6.45) is 4.89. The van der Waals surface area contributed by atoms with E-state index in [1.165, 1.54) is 19.3 Å². The van der Waals surface area contributed by atoms with E-state index in [1.54, 1.807) is 0 Å². The summed E-state index contributed by atoms with van der Waals surface area (Å²) < 4.78 is 5.33. The summed E-state index contributed by atoms with van der Waals surface area (Å²) in [4.78, 5) is 13.3. The second-order valence-electron chi connectivity index (χ2n) is 5.41. The van der Waals surface area contributed by atoms with Gasteiger partial charge in [0.2, 0.25) is 0 Å². The lowest BCUT2D eigenvalue weighted by Crippen LogP contribution is -2.42. The number of ether oxygens (including phenoxy) is 1. The minimum Gasteiger partial charge on any atom is -0.481 e. The first-order valence-corrected chi connectivity index (χ1v) is 7.10. The van der Waals surface area contributed by atoms with E-state index < -0.39 is 5.97 Å². The highest BCUT2D eigenvalue weighted by Crippen LogP contribution is 2.22. The van der Waals surface area contributed by atoms with E-state index in [0.717, 1.165) is 13.0 Å². The molecule has 1 N–H and O–H groups in total. The average Bonchev–Trinajstić information content (AvgIpc) is 2.83. The van der Waals surface area contributed by atoms with Crippen LogP contribution < -0.4 is 0 Å². The molecule has 1 rings (SSSR count). The number of hydrogen-bond donors (Lipinski definition) is 1. The van der Waals surface area contributed by atoms with Gasteiger partial charge in [-0.05, 0) is 19.4 Å². The van der Waals surface area contributed by atoms with Gasteiger partial charge in [-0.1, -0.05) is 33.1 Å². The molecule has 1 heterocycles. The fourth-order valence-corrected chi connectivity index (χ4v) is 2.67. The third kappa shape index (κ3) is 4.25. The van der Waals surface area contributed by atoms with Gasteiger partial charge >= 0.3 is 5.97 Å². The average molecular weight is 257 g/mol. The fourth-order valence-electron chi connectivity index (χ4n) is 2.67. The van der Waals surface area contributed by atoms with E-state index in [-0.39, 0.29) is 12.0 Å². The Morgan fingerprint density at radius 1 is 1.44 bits per heavy atom. The zero-order valence-electron chi connectivity index (χ0n) is 11.9. The molecule has 0 bridgehead atoms. The predicted octanol–water partition coefficient (Wildman–Crippen LogP) is 2.23. The van der Waals surface area contributed by atoms with Crippen LogP contribution in [0.4, 0.5) is 0 Å². The van der Waals surface area contributed by atoms with E-state index in [0.29, 0.717) is 19.1 Å². The van der Waals surface area contributed by atoms with Gasteiger partial charge < -0.3 is 9.84 Å². The molecule has 4 nitrogen and oxygen atoms in total. The number of carbonyl (C=O) groups is 1. The van der Waals surface area contributed by atoms with Crippen LogP contribution in [0.3, 0.4) is 0 Å². The molecule has 1 aliphatic rings. The van der Waals surface area contributed by atoms with E-state index >= 15 is 0 Å². The maximum absolute atomic E-state index is 11.1. The molecule has 0 aromatic heterocycles. The van der Waals surface area contributed by atoms with Gasteiger partial charge in [0.15, 0.2) is 0 Å². The second kappa shape index (κ2) is 7.74. The Kier molecular flexibility index (Phi) is 6.65. The molecule has 0 aliphatic carbocycles. The van der Waals surface area contributed by atoms with Gasteiger partial charge in [0.05, 0.1) is 19.1 Å². The zero-order valence-corrected chi connectivity index (χ0v) is 11.9. The minimum absolute atomic E-state index is 0.0400. The number of likely N-dealkylation sites (N-methyl/N-ethyl adjacent to an activating group) is 1. The van der Waals surface area contributed by atoms with Crippen molar-refractivity contribution in [1.82, 2.24) is 4.90 Å². The molecule has 0 aromatic carbocycles. The molecule has 0 saturated carbocycles. The Balaban J connectivity index is 2.47. The summed E-state index contributed by atoms with van der Waals surface area (Å²) in [5.41, 5.74) is 0.